The van der Waals surface area contributed by atoms with Gasteiger partial charge in [-0.1, -0.05) is 18.2 Å². The first kappa shape index (κ1) is 20.9. The number of carboxylic acid groups (broad SMARTS) is 1. The molecule has 8 nitrogen and oxygen atoms in total. The third kappa shape index (κ3) is 4.09. The molecule has 1 unspecified atom stereocenters. The van der Waals surface area contributed by atoms with E-state index in [4.69, 9.17) is 9.47 Å². The Balaban J connectivity index is 1.61. The first-order valence-corrected chi connectivity index (χ1v) is 9.84. The van der Waals surface area contributed by atoms with Gasteiger partial charge in [-0.2, -0.15) is 5.26 Å². The van der Waals surface area contributed by atoms with Crippen molar-refractivity contribution >= 4 is 17.6 Å². The number of carbonyl (C=O) groups excluding carboxylic acids is 1. The zero-order valence-electron chi connectivity index (χ0n) is 17.2. The van der Waals surface area contributed by atoms with Crippen LogP contribution in [-0.2, 0) is 4.79 Å². The average Bonchev–Trinajstić information content (AvgIpc) is 3.21. The molecule has 160 valence electrons. The fourth-order valence-electron chi connectivity index (χ4n) is 3.68. The Morgan fingerprint density at radius 3 is 2.72 bits per heavy atom. The molecule has 1 fully saturated rings. The molecule has 0 radical (unpaired) electrons. The molecule has 32 heavy (non-hydrogen) atoms. The quantitative estimate of drug-likeness (QED) is 0.631. The molecule has 4 rings (SSSR count). The number of anilines is 1. The molecule has 1 aromatic heterocycles. The number of rotatable bonds is 6. The van der Waals surface area contributed by atoms with Gasteiger partial charge in [-0.15, -0.1) is 0 Å². The molecule has 0 bridgehead atoms. The second kappa shape index (κ2) is 8.78. The number of hydrogen-bond acceptors (Lipinski definition) is 6. The number of methoxy groups -OCH3 is 1. The van der Waals surface area contributed by atoms with Crippen molar-refractivity contribution in [3.8, 4) is 23.3 Å². The van der Waals surface area contributed by atoms with Gasteiger partial charge in [0.15, 0.2) is 11.5 Å². The summed E-state index contributed by atoms with van der Waals surface area (Å²) in [5.74, 6) is -0.0233. The topological polar surface area (TPSA) is 113 Å². The largest absolute Gasteiger partial charge is 0.493 e. The van der Waals surface area contributed by atoms with Crippen molar-refractivity contribution in [2.45, 2.75) is 12.3 Å². The van der Waals surface area contributed by atoms with E-state index in [-0.39, 0.29) is 23.9 Å². The second-order valence-electron chi connectivity index (χ2n) is 7.23. The standard InChI is InChI=1S/C24H19N3O5/c1-31-21-7-6-15(10-22(21)32-20-5-3-2-4-16(20)13-25)17-11-23(28)27(14-17)18-8-9-26-19(12-18)24(29)30/h2-10,12,17H,11,14H2,1H3,(H,29,30). The Morgan fingerprint density at radius 1 is 1.16 bits per heavy atom. The number of aromatic nitrogens is 1. The van der Waals surface area contributed by atoms with E-state index in [9.17, 15) is 20.0 Å². The van der Waals surface area contributed by atoms with E-state index in [1.165, 1.54) is 19.4 Å². The van der Waals surface area contributed by atoms with Gasteiger partial charge in [0.2, 0.25) is 5.91 Å². The summed E-state index contributed by atoms with van der Waals surface area (Å²) in [6.45, 7) is 0.391. The number of ether oxygens (including phenoxy) is 2. The van der Waals surface area contributed by atoms with Crippen molar-refractivity contribution in [2.75, 3.05) is 18.6 Å². The molecule has 1 aliphatic heterocycles. The fourth-order valence-corrected chi connectivity index (χ4v) is 3.68. The van der Waals surface area contributed by atoms with Gasteiger partial charge >= 0.3 is 5.97 Å². The van der Waals surface area contributed by atoms with Crippen molar-refractivity contribution in [3.63, 3.8) is 0 Å². The van der Waals surface area contributed by atoms with Crippen molar-refractivity contribution in [1.82, 2.24) is 4.98 Å². The summed E-state index contributed by atoms with van der Waals surface area (Å²) in [5, 5.41) is 18.5. The normalized spacial score (nSPS) is 15.3. The molecular formula is C24H19N3O5. The summed E-state index contributed by atoms with van der Waals surface area (Å²) in [5.41, 5.74) is 1.65. The summed E-state index contributed by atoms with van der Waals surface area (Å²) >= 11 is 0. The van der Waals surface area contributed by atoms with Crippen LogP contribution >= 0.6 is 0 Å². The number of carboxylic acids is 1. The Kier molecular flexibility index (Phi) is 5.73. The predicted molar refractivity (Wildman–Crippen MR) is 115 cm³/mol. The van der Waals surface area contributed by atoms with Gasteiger partial charge in [-0.3, -0.25) is 4.79 Å². The van der Waals surface area contributed by atoms with E-state index in [2.05, 4.69) is 11.1 Å². The highest BCUT2D eigenvalue weighted by Crippen LogP contribution is 2.38. The maximum atomic E-state index is 12.7. The molecule has 1 N–H and O–H groups in total. The van der Waals surface area contributed by atoms with Crippen LogP contribution in [0.15, 0.2) is 60.8 Å². The Labute approximate surface area is 184 Å². The van der Waals surface area contributed by atoms with Crippen molar-refractivity contribution in [1.29, 1.82) is 5.26 Å². The summed E-state index contributed by atoms with van der Waals surface area (Å²) in [7, 11) is 1.53. The first-order chi connectivity index (χ1) is 15.5. The lowest BCUT2D eigenvalue weighted by atomic mass is 9.98. The van der Waals surface area contributed by atoms with Gasteiger partial charge < -0.3 is 19.5 Å². The molecule has 1 amide bonds. The van der Waals surface area contributed by atoms with E-state index in [1.54, 1.807) is 41.3 Å². The molecule has 1 atom stereocenters. The van der Waals surface area contributed by atoms with Crippen LogP contribution in [0, 0.1) is 11.3 Å². The molecule has 2 aromatic carbocycles. The zero-order chi connectivity index (χ0) is 22.7. The van der Waals surface area contributed by atoms with Crippen LogP contribution in [0.5, 0.6) is 17.2 Å². The van der Waals surface area contributed by atoms with Gasteiger partial charge in [0, 0.05) is 30.8 Å². The van der Waals surface area contributed by atoms with E-state index >= 15 is 0 Å². The molecule has 0 aliphatic carbocycles. The van der Waals surface area contributed by atoms with Crippen LogP contribution in [0.4, 0.5) is 5.69 Å². The smallest absolute Gasteiger partial charge is 0.354 e. The number of para-hydroxylation sites is 1. The molecular weight excluding hydrogens is 410 g/mol. The summed E-state index contributed by atoms with van der Waals surface area (Å²) in [6, 6.07) is 17.5. The van der Waals surface area contributed by atoms with Gasteiger partial charge in [-0.05, 0) is 42.0 Å². The maximum Gasteiger partial charge on any atom is 0.354 e. The Morgan fingerprint density at radius 2 is 1.97 bits per heavy atom. The highest BCUT2D eigenvalue weighted by atomic mass is 16.5. The number of pyridine rings is 1. The molecule has 3 aromatic rings. The third-order valence-corrected chi connectivity index (χ3v) is 5.29. The van der Waals surface area contributed by atoms with E-state index < -0.39 is 5.97 Å². The lowest BCUT2D eigenvalue weighted by Gasteiger charge is -2.18. The van der Waals surface area contributed by atoms with Crippen molar-refractivity contribution < 1.29 is 24.2 Å². The van der Waals surface area contributed by atoms with Gasteiger partial charge in [0.1, 0.15) is 17.5 Å². The second-order valence-corrected chi connectivity index (χ2v) is 7.23. The van der Waals surface area contributed by atoms with Crippen LogP contribution in [-0.4, -0.2) is 35.6 Å². The van der Waals surface area contributed by atoms with E-state index in [1.807, 2.05) is 12.1 Å². The average molecular weight is 429 g/mol. The van der Waals surface area contributed by atoms with Gasteiger partial charge in [-0.25, -0.2) is 9.78 Å². The lowest BCUT2D eigenvalue weighted by molar-refractivity contribution is -0.117. The third-order valence-electron chi connectivity index (χ3n) is 5.29. The highest BCUT2D eigenvalue weighted by molar-refractivity contribution is 5.97. The first-order valence-electron chi connectivity index (χ1n) is 9.84. The maximum absolute atomic E-state index is 12.7. The molecule has 2 heterocycles. The Bertz CT molecular complexity index is 1230. The number of nitrogens with zero attached hydrogens (tertiary/aromatic N) is 3. The van der Waals surface area contributed by atoms with Crippen LogP contribution in [0.2, 0.25) is 0 Å². The van der Waals surface area contributed by atoms with Crippen LogP contribution < -0.4 is 14.4 Å². The number of hydrogen-bond donors (Lipinski definition) is 1. The lowest BCUT2D eigenvalue weighted by Crippen LogP contribution is -2.24. The highest BCUT2D eigenvalue weighted by Gasteiger charge is 2.32. The van der Waals surface area contributed by atoms with Gasteiger partial charge in [0.25, 0.3) is 0 Å². The number of benzene rings is 2. The minimum atomic E-state index is -1.15. The van der Waals surface area contributed by atoms with Gasteiger partial charge in [0.05, 0.1) is 12.7 Å². The van der Waals surface area contributed by atoms with Crippen molar-refractivity contribution in [2.24, 2.45) is 0 Å². The number of aromatic carboxylic acids is 1. The zero-order valence-corrected chi connectivity index (χ0v) is 17.2. The monoisotopic (exact) mass is 429 g/mol. The van der Waals surface area contributed by atoms with Crippen LogP contribution in [0.3, 0.4) is 0 Å². The fraction of sp³-hybridized carbons (Fsp3) is 0.167. The minimum Gasteiger partial charge on any atom is -0.493 e. The number of nitriles is 1. The van der Waals surface area contributed by atoms with E-state index in [0.29, 0.717) is 35.0 Å². The van der Waals surface area contributed by atoms with Crippen LogP contribution in [0.1, 0.15) is 34.0 Å². The molecule has 1 saturated heterocycles. The number of carbonyl (C=O) groups is 2. The molecule has 1 aliphatic rings. The number of amides is 1. The van der Waals surface area contributed by atoms with Crippen molar-refractivity contribution in [3.05, 3.63) is 77.6 Å². The van der Waals surface area contributed by atoms with E-state index in [0.717, 1.165) is 5.56 Å². The molecule has 8 heteroatoms. The SMILES string of the molecule is COc1ccc(C2CC(=O)N(c3ccnc(C(=O)O)c3)C2)cc1Oc1ccccc1C#N. The minimum absolute atomic E-state index is 0.106. The predicted octanol–water partition coefficient (Wildman–Crippen LogP) is 3.97. The molecule has 0 saturated carbocycles. The summed E-state index contributed by atoms with van der Waals surface area (Å²) in [4.78, 5) is 29.3. The summed E-state index contributed by atoms with van der Waals surface area (Å²) in [6.07, 6.45) is 1.65. The molecule has 0 spiro atoms. The Hall–Kier alpha value is -4.38. The van der Waals surface area contributed by atoms with Crippen LogP contribution in [0.25, 0.3) is 0 Å². The summed E-state index contributed by atoms with van der Waals surface area (Å²) < 4.78 is 11.4.